The van der Waals surface area contributed by atoms with Gasteiger partial charge in [-0.05, 0) is 38.1 Å². The maximum atomic E-state index is 13.5. The molecule has 0 aliphatic carbocycles. The van der Waals surface area contributed by atoms with Crippen molar-refractivity contribution in [3.8, 4) is 0 Å². The summed E-state index contributed by atoms with van der Waals surface area (Å²) in [5.74, 6) is 0.516. The second kappa shape index (κ2) is 9.10. The molecule has 4 heterocycles. The zero-order valence-electron chi connectivity index (χ0n) is 18.1. The number of carbonyl (C=O) groups excluding carboxylic acids is 1. The number of hydrogen-bond acceptors (Lipinski definition) is 7. The molecule has 0 radical (unpaired) electrons. The number of carbonyl (C=O) groups is 1. The van der Waals surface area contributed by atoms with Crippen LogP contribution in [0.15, 0.2) is 28.0 Å². The minimum atomic E-state index is -0.165. The summed E-state index contributed by atoms with van der Waals surface area (Å²) >= 11 is 6.70. The quantitative estimate of drug-likeness (QED) is 0.505. The van der Waals surface area contributed by atoms with Crippen LogP contribution < -0.4 is 10.5 Å². The topological polar surface area (TPSA) is 61.2 Å². The number of piperazine rings is 1. The number of fused-ring (bicyclic) bond motifs is 1. The van der Waals surface area contributed by atoms with Crippen LogP contribution in [-0.4, -0.2) is 69.2 Å². The molecule has 2 aromatic rings. The van der Waals surface area contributed by atoms with Crippen LogP contribution in [0.2, 0.25) is 0 Å². The molecule has 2 aliphatic heterocycles. The van der Waals surface area contributed by atoms with Gasteiger partial charge < -0.3 is 9.80 Å². The molecule has 164 valence electrons. The van der Waals surface area contributed by atoms with Crippen molar-refractivity contribution in [3.63, 3.8) is 0 Å². The third kappa shape index (κ3) is 4.40. The van der Waals surface area contributed by atoms with E-state index in [0.717, 1.165) is 44.6 Å². The van der Waals surface area contributed by atoms with Crippen LogP contribution in [0, 0.1) is 6.92 Å². The minimum Gasteiger partial charge on any atom is -0.353 e. The molecule has 0 aromatic carbocycles. The number of aryl methyl sites for hydroxylation is 1. The Balaban J connectivity index is 1.82. The Morgan fingerprint density at radius 3 is 2.65 bits per heavy atom. The van der Waals surface area contributed by atoms with E-state index in [1.54, 1.807) is 21.6 Å². The fourth-order valence-corrected chi connectivity index (χ4v) is 5.06. The van der Waals surface area contributed by atoms with E-state index in [1.807, 2.05) is 19.1 Å². The van der Waals surface area contributed by atoms with Crippen molar-refractivity contribution in [1.82, 2.24) is 19.2 Å². The van der Waals surface area contributed by atoms with Crippen LogP contribution in [0.1, 0.15) is 30.9 Å². The van der Waals surface area contributed by atoms with Gasteiger partial charge in [0.1, 0.15) is 15.8 Å². The molecule has 4 rings (SSSR count). The van der Waals surface area contributed by atoms with Gasteiger partial charge in [0.05, 0.1) is 10.5 Å². The Labute approximate surface area is 191 Å². The summed E-state index contributed by atoms with van der Waals surface area (Å²) < 4.78 is 2.12. The summed E-state index contributed by atoms with van der Waals surface area (Å²) in [5, 5.41) is 0. The highest BCUT2D eigenvalue weighted by Crippen LogP contribution is 2.33. The summed E-state index contributed by atoms with van der Waals surface area (Å²) in [4.78, 5) is 37.9. The van der Waals surface area contributed by atoms with Gasteiger partial charge in [-0.1, -0.05) is 43.4 Å². The molecule has 2 fully saturated rings. The van der Waals surface area contributed by atoms with Gasteiger partial charge in [-0.2, -0.15) is 0 Å². The number of amides is 1. The first-order chi connectivity index (χ1) is 14.9. The van der Waals surface area contributed by atoms with E-state index in [4.69, 9.17) is 17.2 Å². The summed E-state index contributed by atoms with van der Waals surface area (Å²) in [6.45, 7) is 7.99. The second-order valence-corrected chi connectivity index (χ2v) is 9.74. The highest BCUT2D eigenvalue weighted by Gasteiger charge is 2.32. The van der Waals surface area contributed by atoms with E-state index in [2.05, 4.69) is 23.8 Å². The minimum absolute atomic E-state index is 0.124. The first-order valence-corrected chi connectivity index (χ1v) is 11.8. The van der Waals surface area contributed by atoms with E-state index in [0.29, 0.717) is 32.8 Å². The summed E-state index contributed by atoms with van der Waals surface area (Å²) in [7, 11) is 2.09. The first kappa shape index (κ1) is 22.0. The van der Waals surface area contributed by atoms with E-state index >= 15 is 0 Å². The van der Waals surface area contributed by atoms with Crippen molar-refractivity contribution in [2.24, 2.45) is 0 Å². The number of likely N-dealkylation sites (N-methyl/N-ethyl adjacent to an activating group) is 1. The number of anilines is 1. The Morgan fingerprint density at radius 1 is 1.19 bits per heavy atom. The fraction of sp³-hybridized carbons (Fsp3) is 0.455. The first-order valence-electron chi connectivity index (χ1n) is 10.6. The van der Waals surface area contributed by atoms with Crippen molar-refractivity contribution in [1.29, 1.82) is 0 Å². The predicted molar refractivity (Wildman–Crippen MR) is 131 cm³/mol. The van der Waals surface area contributed by atoms with E-state index in [-0.39, 0.29) is 11.5 Å². The molecule has 0 atom stereocenters. The van der Waals surface area contributed by atoms with Crippen LogP contribution in [0.4, 0.5) is 5.82 Å². The van der Waals surface area contributed by atoms with Crippen molar-refractivity contribution in [2.45, 2.75) is 26.7 Å². The molecule has 2 aliphatic rings. The number of rotatable bonds is 5. The van der Waals surface area contributed by atoms with Gasteiger partial charge in [0.2, 0.25) is 0 Å². The van der Waals surface area contributed by atoms with Crippen molar-refractivity contribution < 1.29 is 4.79 Å². The lowest BCUT2D eigenvalue weighted by molar-refractivity contribution is -0.122. The molecule has 9 heteroatoms. The van der Waals surface area contributed by atoms with Crippen LogP contribution in [0.3, 0.4) is 0 Å². The average molecular weight is 458 g/mol. The van der Waals surface area contributed by atoms with E-state index in [1.165, 1.54) is 11.8 Å². The third-order valence-corrected chi connectivity index (χ3v) is 7.05. The molecule has 0 unspecified atom stereocenters. The molecule has 2 saturated heterocycles. The van der Waals surface area contributed by atoms with Gasteiger partial charge >= 0.3 is 0 Å². The average Bonchev–Trinajstić information content (AvgIpc) is 3.02. The molecule has 0 N–H and O–H groups in total. The lowest BCUT2D eigenvalue weighted by atomic mass is 10.2. The second-order valence-electron chi connectivity index (χ2n) is 8.07. The largest absolute Gasteiger partial charge is 0.353 e. The number of pyridine rings is 1. The molecule has 0 spiro atoms. The standard InChI is InChI=1S/C22H27N5O2S2/c1-4-5-8-26-21(29)17(31-22(26)30)13-16-19(25-11-9-24(3)10-12-25)23-18-7-6-15(2)14-27(18)20(16)28/h6-7,13-14H,4-5,8-12H2,1-3H3/b17-13-. The SMILES string of the molecule is CCCCN1C(=O)/C(=C/c2c(N3CCN(C)CC3)nc3ccc(C)cn3c2=O)SC1=S. The van der Waals surface area contributed by atoms with Gasteiger partial charge in [0.15, 0.2) is 0 Å². The molecular formula is C22H27N5O2S2. The fourth-order valence-electron chi connectivity index (χ4n) is 3.77. The summed E-state index contributed by atoms with van der Waals surface area (Å²) in [5.41, 5.74) is 1.86. The summed E-state index contributed by atoms with van der Waals surface area (Å²) in [6.07, 6.45) is 5.37. The molecular weight excluding hydrogens is 430 g/mol. The normalized spacial score (nSPS) is 19.3. The van der Waals surface area contributed by atoms with Gasteiger partial charge in [0.25, 0.3) is 11.5 Å². The molecule has 2 aromatic heterocycles. The third-order valence-electron chi connectivity index (χ3n) is 5.67. The van der Waals surface area contributed by atoms with Crippen molar-refractivity contribution in [2.75, 3.05) is 44.7 Å². The Hall–Kier alpha value is -2.23. The predicted octanol–water partition coefficient (Wildman–Crippen LogP) is 2.76. The molecule has 1 amide bonds. The van der Waals surface area contributed by atoms with Crippen molar-refractivity contribution in [3.05, 3.63) is 44.7 Å². The van der Waals surface area contributed by atoms with Crippen LogP contribution >= 0.6 is 24.0 Å². The number of hydrogen-bond donors (Lipinski definition) is 0. The van der Waals surface area contributed by atoms with Crippen LogP contribution in [0.25, 0.3) is 11.7 Å². The number of thioether (sulfide) groups is 1. The molecule has 31 heavy (non-hydrogen) atoms. The lowest BCUT2D eigenvalue weighted by Crippen LogP contribution is -2.45. The molecule has 7 nitrogen and oxygen atoms in total. The molecule has 0 bridgehead atoms. The summed E-state index contributed by atoms with van der Waals surface area (Å²) in [6, 6.07) is 3.82. The molecule has 0 saturated carbocycles. The monoisotopic (exact) mass is 457 g/mol. The van der Waals surface area contributed by atoms with Gasteiger partial charge in [0, 0.05) is 38.9 Å². The zero-order chi connectivity index (χ0) is 22.1. The number of thiocarbonyl (C=S) groups is 1. The van der Waals surface area contributed by atoms with Crippen LogP contribution in [-0.2, 0) is 4.79 Å². The van der Waals surface area contributed by atoms with E-state index < -0.39 is 0 Å². The van der Waals surface area contributed by atoms with Gasteiger partial charge in [-0.25, -0.2) is 4.98 Å². The van der Waals surface area contributed by atoms with E-state index in [9.17, 15) is 9.59 Å². The zero-order valence-corrected chi connectivity index (χ0v) is 19.8. The highest BCUT2D eigenvalue weighted by molar-refractivity contribution is 8.26. The number of unbranched alkanes of at least 4 members (excludes halogenated alkanes) is 1. The smallest absolute Gasteiger partial charge is 0.267 e. The Morgan fingerprint density at radius 2 is 1.94 bits per heavy atom. The maximum absolute atomic E-state index is 13.5. The van der Waals surface area contributed by atoms with Crippen LogP contribution in [0.5, 0.6) is 0 Å². The van der Waals surface area contributed by atoms with Gasteiger partial charge in [-0.15, -0.1) is 0 Å². The highest BCUT2D eigenvalue weighted by atomic mass is 32.2. The van der Waals surface area contributed by atoms with Gasteiger partial charge in [-0.3, -0.25) is 18.9 Å². The lowest BCUT2D eigenvalue weighted by Gasteiger charge is -2.34. The Bertz CT molecular complexity index is 1120. The van der Waals surface area contributed by atoms with Crippen molar-refractivity contribution >= 4 is 51.7 Å². The Kier molecular flexibility index (Phi) is 6.45. The number of aromatic nitrogens is 2. The number of nitrogens with zero attached hydrogens (tertiary/aromatic N) is 5. The maximum Gasteiger partial charge on any atom is 0.267 e.